The number of nitrogens with one attached hydrogen (secondary N) is 2. The van der Waals surface area contributed by atoms with Crippen molar-refractivity contribution in [1.29, 1.82) is 0 Å². The minimum Gasteiger partial charge on any atom is -0.481 e. The van der Waals surface area contributed by atoms with Crippen LogP contribution in [0.25, 0.3) is 0 Å². The minimum atomic E-state index is 0.402. The summed E-state index contributed by atoms with van der Waals surface area (Å²) in [6, 6.07) is 8.64. The first kappa shape index (κ1) is 18.7. The van der Waals surface area contributed by atoms with E-state index in [2.05, 4.69) is 43.0 Å². The number of aliphatic imine (C=N–C) groups is 1. The molecule has 0 bridgehead atoms. The Balaban J connectivity index is 1.54. The van der Waals surface area contributed by atoms with Gasteiger partial charge in [0.1, 0.15) is 0 Å². The van der Waals surface area contributed by atoms with E-state index < -0.39 is 0 Å². The van der Waals surface area contributed by atoms with Crippen molar-refractivity contribution in [2.75, 3.05) is 33.8 Å². The lowest BCUT2D eigenvalue weighted by atomic mass is 10.2. The average Bonchev–Trinajstić information content (AvgIpc) is 3.39. The summed E-state index contributed by atoms with van der Waals surface area (Å²) >= 11 is 1.83. The highest BCUT2D eigenvalue weighted by Crippen LogP contribution is 2.27. The lowest BCUT2D eigenvalue weighted by Gasteiger charge is -2.27. The third-order valence-electron chi connectivity index (χ3n) is 4.61. The second kappa shape index (κ2) is 9.54. The summed E-state index contributed by atoms with van der Waals surface area (Å²) < 4.78 is 5.09. The van der Waals surface area contributed by atoms with Gasteiger partial charge in [0.15, 0.2) is 5.96 Å². The molecule has 3 rings (SSSR count). The van der Waals surface area contributed by atoms with Gasteiger partial charge < -0.3 is 15.4 Å². The van der Waals surface area contributed by atoms with E-state index in [1.165, 1.54) is 30.8 Å². The lowest BCUT2D eigenvalue weighted by molar-refractivity contribution is 0.249. The number of pyridine rings is 1. The Morgan fingerprint density at radius 3 is 2.77 bits per heavy atom. The number of thiophene rings is 1. The molecule has 0 aliphatic carbocycles. The van der Waals surface area contributed by atoms with Gasteiger partial charge in [-0.05, 0) is 42.9 Å². The van der Waals surface area contributed by atoms with E-state index >= 15 is 0 Å². The van der Waals surface area contributed by atoms with E-state index in [1.807, 2.05) is 29.7 Å². The van der Waals surface area contributed by atoms with Crippen molar-refractivity contribution in [1.82, 2.24) is 20.5 Å². The second-order valence-corrected chi connectivity index (χ2v) is 7.27. The molecule has 1 aliphatic rings. The molecule has 1 atom stereocenters. The van der Waals surface area contributed by atoms with Gasteiger partial charge in [-0.1, -0.05) is 12.1 Å². The van der Waals surface area contributed by atoms with Gasteiger partial charge in [0.2, 0.25) is 5.88 Å². The topological polar surface area (TPSA) is 61.8 Å². The number of aromatic nitrogens is 1. The SMILES string of the molecule is CN=C(NCc1ccc(OC)nc1)NCC(c1cccs1)N1CCCC1. The molecule has 3 heterocycles. The number of hydrogen-bond donors (Lipinski definition) is 2. The number of hydrogen-bond acceptors (Lipinski definition) is 5. The van der Waals surface area contributed by atoms with E-state index in [0.29, 0.717) is 18.5 Å². The lowest BCUT2D eigenvalue weighted by Crippen LogP contribution is -2.42. The molecule has 26 heavy (non-hydrogen) atoms. The highest BCUT2D eigenvalue weighted by Gasteiger charge is 2.24. The van der Waals surface area contributed by atoms with Crippen LogP contribution in [-0.4, -0.2) is 49.6 Å². The summed E-state index contributed by atoms with van der Waals surface area (Å²) in [5, 5.41) is 9.00. The Kier molecular flexibility index (Phi) is 6.85. The number of guanidine groups is 1. The zero-order valence-corrected chi connectivity index (χ0v) is 16.3. The standard InChI is InChI=1S/C19H27N5OS/c1-20-19(22-13-15-7-8-18(25-2)21-12-15)23-14-16(17-6-5-11-26-17)24-9-3-4-10-24/h5-8,11-12,16H,3-4,9-10,13-14H2,1-2H3,(H2,20,22,23). The highest BCUT2D eigenvalue weighted by atomic mass is 32.1. The van der Waals surface area contributed by atoms with Crippen LogP contribution < -0.4 is 15.4 Å². The number of nitrogens with zero attached hydrogens (tertiary/aromatic N) is 3. The maximum Gasteiger partial charge on any atom is 0.212 e. The van der Waals surface area contributed by atoms with Crippen LogP contribution in [0.15, 0.2) is 40.8 Å². The normalized spacial score (nSPS) is 16.5. The second-order valence-electron chi connectivity index (χ2n) is 6.29. The summed E-state index contributed by atoms with van der Waals surface area (Å²) in [6.07, 6.45) is 4.40. The molecule has 0 amide bonds. The predicted molar refractivity (Wildman–Crippen MR) is 107 cm³/mol. The summed E-state index contributed by atoms with van der Waals surface area (Å²) in [5.74, 6) is 1.43. The number of rotatable bonds is 7. The molecule has 0 radical (unpaired) electrons. The summed E-state index contributed by atoms with van der Waals surface area (Å²) in [7, 11) is 3.42. The first-order valence-corrected chi connectivity index (χ1v) is 9.89. The van der Waals surface area contributed by atoms with Gasteiger partial charge in [-0.3, -0.25) is 9.89 Å². The van der Waals surface area contributed by atoms with Crippen molar-refractivity contribution in [3.05, 3.63) is 46.3 Å². The fourth-order valence-electron chi connectivity index (χ4n) is 3.18. The predicted octanol–water partition coefficient (Wildman–Crippen LogP) is 2.65. The van der Waals surface area contributed by atoms with Crippen LogP contribution in [0.2, 0.25) is 0 Å². The van der Waals surface area contributed by atoms with E-state index in [-0.39, 0.29) is 0 Å². The fraction of sp³-hybridized carbons (Fsp3) is 0.474. The molecule has 0 aromatic carbocycles. The third-order valence-corrected chi connectivity index (χ3v) is 5.58. The van der Waals surface area contributed by atoms with Gasteiger partial charge in [-0.15, -0.1) is 11.3 Å². The van der Waals surface area contributed by atoms with Gasteiger partial charge >= 0.3 is 0 Å². The van der Waals surface area contributed by atoms with Gasteiger partial charge in [0.05, 0.1) is 13.2 Å². The summed E-state index contributed by atoms with van der Waals surface area (Å²) in [6.45, 7) is 3.87. The first-order valence-electron chi connectivity index (χ1n) is 9.01. The molecule has 1 fully saturated rings. The van der Waals surface area contributed by atoms with E-state index in [0.717, 1.165) is 18.1 Å². The van der Waals surface area contributed by atoms with E-state index in [4.69, 9.17) is 4.74 Å². The maximum atomic E-state index is 5.09. The van der Waals surface area contributed by atoms with Crippen LogP contribution in [0.1, 0.15) is 29.3 Å². The Morgan fingerprint density at radius 1 is 1.31 bits per heavy atom. The largest absolute Gasteiger partial charge is 0.481 e. The molecule has 6 nitrogen and oxygen atoms in total. The Hall–Kier alpha value is -2.12. The van der Waals surface area contributed by atoms with Crippen molar-refractivity contribution in [3.8, 4) is 5.88 Å². The van der Waals surface area contributed by atoms with Crippen molar-refractivity contribution < 1.29 is 4.74 Å². The highest BCUT2D eigenvalue weighted by molar-refractivity contribution is 7.10. The molecule has 2 aromatic heterocycles. The van der Waals surface area contributed by atoms with Crippen LogP contribution >= 0.6 is 11.3 Å². The smallest absolute Gasteiger partial charge is 0.212 e. The van der Waals surface area contributed by atoms with E-state index in [1.54, 1.807) is 14.2 Å². The molecule has 2 aromatic rings. The van der Waals surface area contributed by atoms with Crippen molar-refractivity contribution >= 4 is 17.3 Å². The van der Waals surface area contributed by atoms with Crippen LogP contribution in [-0.2, 0) is 6.54 Å². The molecule has 1 aliphatic heterocycles. The minimum absolute atomic E-state index is 0.402. The molecule has 140 valence electrons. The van der Waals surface area contributed by atoms with Gasteiger partial charge in [0, 0.05) is 37.3 Å². The quantitative estimate of drug-likeness (QED) is 0.577. The Morgan fingerprint density at radius 2 is 2.15 bits per heavy atom. The Labute approximate surface area is 159 Å². The zero-order valence-electron chi connectivity index (χ0n) is 15.4. The number of ether oxygens (including phenoxy) is 1. The fourth-order valence-corrected chi connectivity index (χ4v) is 4.04. The molecular weight excluding hydrogens is 346 g/mol. The average molecular weight is 374 g/mol. The summed E-state index contributed by atoms with van der Waals surface area (Å²) in [4.78, 5) is 12.6. The molecule has 1 saturated heterocycles. The van der Waals surface area contributed by atoms with Crippen molar-refractivity contribution in [2.45, 2.75) is 25.4 Å². The molecule has 1 unspecified atom stereocenters. The van der Waals surface area contributed by atoms with Crippen molar-refractivity contribution in [3.63, 3.8) is 0 Å². The van der Waals surface area contributed by atoms with Crippen LogP contribution in [0, 0.1) is 0 Å². The molecule has 0 spiro atoms. The molecule has 0 saturated carbocycles. The van der Waals surface area contributed by atoms with Gasteiger partial charge in [0.25, 0.3) is 0 Å². The molecular formula is C19H27N5OS. The van der Waals surface area contributed by atoms with Crippen LogP contribution in [0.5, 0.6) is 5.88 Å². The van der Waals surface area contributed by atoms with E-state index in [9.17, 15) is 0 Å². The van der Waals surface area contributed by atoms with Crippen molar-refractivity contribution in [2.24, 2.45) is 4.99 Å². The monoisotopic (exact) mass is 373 g/mol. The zero-order chi connectivity index (χ0) is 18.2. The van der Waals surface area contributed by atoms with Gasteiger partial charge in [-0.2, -0.15) is 0 Å². The number of likely N-dealkylation sites (tertiary alicyclic amines) is 1. The van der Waals surface area contributed by atoms with Crippen LogP contribution in [0.3, 0.4) is 0 Å². The van der Waals surface area contributed by atoms with Crippen LogP contribution in [0.4, 0.5) is 0 Å². The number of methoxy groups -OCH3 is 1. The maximum absolute atomic E-state index is 5.09. The first-order chi connectivity index (χ1) is 12.8. The third kappa shape index (κ3) is 4.95. The molecule has 2 N–H and O–H groups in total. The van der Waals surface area contributed by atoms with Gasteiger partial charge in [-0.25, -0.2) is 4.98 Å². The molecule has 7 heteroatoms. The Bertz CT molecular complexity index is 680. The summed E-state index contributed by atoms with van der Waals surface area (Å²) in [5.41, 5.74) is 1.09.